The van der Waals surface area contributed by atoms with Crippen LogP contribution in [0.5, 0.6) is 0 Å². The van der Waals surface area contributed by atoms with Crippen LogP contribution in [0, 0.1) is 12.8 Å². The van der Waals surface area contributed by atoms with E-state index in [-0.39, 0.29) is 0 Å². The Balaban J connectivity index is 1.48. The Kier molecular flexibility index (Phi) is 7.62. The number of hydrogen-bond acceptors (Lipinski definition) is 2. The Bertz CT molecular complexity index is 779. The zero-order valence-electron chi connectivity index (χ0n) is 17.7. The van der Waals surface area contributed by atoms with Gasteiger partial charge in [-0.15, -0.1) is 0 Å². The molecule has 28 heavy (non-hydrogen) atoms. The highest BCUT2D eigenvalue weighted by Gasteiger charge is 2.20. The van der Waals surface area contributed by atoms with E-state index in [0.29, 0.717) is 5.92 Å². The normalized spacial score (nSPS) is 17.1. The molecule has 0 unspecified atom stereocenters. The number of nitrogens with zero attached hydrogens (tertiary/aromatic N) is 2. The van der Waals surface area contributed by atoms with Gasteiger partial charge in [0.1, 0.15) is 0 Å². The van der Waals surface area contributed by atoms with Gasteiger partial charge in [0.2, 0.25) is 0 Å². The Morgan fingerprint density at radius 2 is 1.71 bits per heavy atom. The third-order valence-electron chi connectivity index (χ3n) is 5.97. The van der Waals surface area contributed by atoms with Crippen molar-refractivity contribution in [3.8, 4) is 0 Å². The van der Waals surface area contributed by atoms with Crippen molar-refractivity contribution in [1.82, 2.24) is 4.90 Å². The minimum atomic E-state index is 0.688. The second kappa shape index (κ2) is 10.4. The number of benzene rings is 2. The molecule has 1 aliphatic heterocycles. The van der Waals surface area contributed by atoms with E-state index in [1.165, 1.54) is 67.6 Å². The van der Waals surface area contributed by atoms with Gasteiger partial charge in [-0.1, -0.05) is 65.7 Å². The fourth-order valence-corrected chi connectivity index (χ4v) is 4.10. The smallest absolute Gasteiger partial charge is 0.0642 e. The minimum Gasteiger partial charge on any atom is -0.303 e. The molecule has 0 aromatic heterocycles. The molecule has 0 spiro atoms. The van der Waals surface area contributed by atoms with Crippen LogP contribution in [0.15, 0.2) is 71.2 Å². The topological polar surface area (TPSA) is 15.6 Å². The summed E-state index contributed by atoms with van der Waals surface area (Å²) in [4.78, 5) is 7.18. The molecule has 1 aliphatic rings. The predicted octanol–water partition coefficient (Wildman–Crippen LogP) is 5.71. The first kappa shape index (κ1) is 20.5. The lowest BCUT2D eigenvalue weighted by atomic mass is 9.88. The molecule has 0 aliphatic carbocycles. The summed E-state index contributed by atoms with van der Waals surface area (Å²) in [6.07, 6.45) is 7.27. The van der Waals surface area contributed by atoms with Crippen molar-refractivity contribution in [2.45, 2.75) is 39.5 Å². The molecule has 0 amide bonds. The van der Waals surface area contributed by atoms with E-state index in [1.54, 1.807) is 0 Å². The van der Waals surface area contributed by atoms with Gasteiger partial charge < -0.3 is 4.90 Å². The summed E-state index contributed by atoms with van der Waals surface area (Å²) in [7, 11) is 1.90. The van der Waals surface area contributed by atoms with Crippen LogP contribution >= 0.6 is 0 Å². The predicted molar refractivity (Wildman–Crippen MR) is 121 cm³/mol. The van der Waals surface area contributed by atoms with Crippen molar-refractivity contribution in [2.24, 2.45) is 10.9 Å². The van der Waals surface area contributed by atoms with E-state index in [0.717, 1.165) is 5.71 Å². The summed E-state index contributed by atoms with van der Waals surface area (Å²) in [5, 5.41) is 0. The molecular weight excluding hydrogens is 340 g/mol. The number of likely N-dealkylation sites (tertiary alicyclic amines) is 1. The molecule has 0 N–H and O–H groups in total. The van der Waals surface area contributed by atoms with Crippen LogP contribution in [0.2, 0.25) is 0 Å². The van der Waals surface area contributed by atoms with Crippen molar-refractivity contribution in [2.75, 3.05) is 26.7 Å². The molecule has 1 saturated heterocycles. The molecule has 2 aromatic carbocycles. The highest BCUT2D eigenvalue weighted by molar-refractivity contribution is 6.09. The Morgan fingerprint density at radius 1 is 1.04 bits per heavy atom. The largest absolute Gasteiger partial charge is 0.303 e. The SMILES string of the molecule is CN=C(/C=C(\C)C1CCN(CCCc2ccccc2)CC1)c1ccc(C)cc1. The highest BCUT2D eigenvalue weighted by atomic mass is 15.1. The number of piperidine rings is 1. The second-order valence-corrected chi connectivity index (χ2v) is 8.07. The minimum absolute atomic E-state index is 0.688. The number of aryl methyl sites for hydroxylation is 2. The molecule has 1 fully saturated rings. The summed E-state index contributed by atoms with van der Waals surface area (Å²) < 4.78 is 0. The summed E-state index contributed by atoms with van der Waals surface area (Å²) in [5.74, 6) is 0.688. The molecule has 0 radical (unpaired) electrons. The van der Waals surface area contributed by atoms with Gasteiger partial charge in [-0.25, -0.2) is 0 Å². The van der Waals surface area contributed by atoms with Crippen molar-refractivity contribution >= 4 is 5.71 Å². The first-order valence-electron chi connectivity index (χ1n) is 10.6. The van der Waals surface area contributed by atoms with Crippen LogP contribution in [0.3, 0.4) is 0 Å². The van der Waals surface area contributed by atoms with Gasteiger partial charge >= 0.3 is 0 Å². The van der Waals surface area contributed by atoms with Gasteiger partial charge in [0.05, 0.1) is 5.71 Å². The van der Waals surface area contributed by atoms with Crippen molar-refractivity contribution in [3.05, 3.63) is 82.9 Å². The standard InChI is InChI=1S/C26H34N2/c1-21-11-13-25(14-12-21)26(27-3)20-22(2)24-15-18-28(19-16-24)17-7-10-23-8-5-4-6-9-23/h4-6,8-9,11-14,20,24H,7,10,15-19H2,1-3H3/b22-20+,27-26?. The van der Waals surface area contributed by atoms with Crippen LogP contribution in [-0.2, 0) is 6.42 Å². The fraction of sp³-hybridized carbons (Fsp3) is 0.423. The van der Waals surface area contributed by atoms with Gasteiger partial charge in [-0.2, -0.15) is 0 Å². The average molecular weight is 375 g/mol. The second-order valence-electron chi connectivity index (χ2n) is 8.07. The van der Waals surface area contributed by atoms with Crippen LogP contribution < -0.4 is 0 Å². The van der Waals surface area contributed by atoms with E-state index in [4.69, 9.17) is 0 Å². The highest BCUT2D eigenvalue weighted by Crippen LogP contribution is 2.25. The third-order valence-corrected chi connectivity index (χ3v) is 5.97. The quantitative estimate of drug-likeness (QED) is 0.567. The zero-order valence-corrected chi connectivity index (χ0v) is 17.7. The van der Waals surface area contributed by atoms with Crippen molar-refractivity contribution in [1.29, 1.82) is 0 Å². The Hall–Kier alpha value is -2.19. The molecule has 0 saturated carbocycles. The fourth-order valence-electron chi connectivity index (χ4n) is 4.10. The lowest BCUT2D eigenvalue weighted by Gasteiger charge is -2.32. The lowest BCUT2D eigenvalue weighted by Crippen LogP contribution is -2.35. The number of rotatable bonds is 7. The van der Waals surface area contributed by atoms with Gasteiger partial charge in [-0.3, -0.25) is 4.99 Å². The summed E-state index contributed by atoms with van der Waals surface area (Å²) >= 11 is 0. The van der Waals surface area contributed by atoms with Gasteiger partial charge in [-0.05, 0) is 82.3 Å². The van der Waals surface area contributed by atoms with Crippen molar-refractivity contribution < 1.29 is 0 Å². The Morgan fingerprint density at radius 3 is 2.36 bits per heavy atom. The van der Waals surface area contributed by atoms with E-state index in [9.17, 15) is 0 Å². The Labute approximate surface area is 171 Å². The van der Waals surface area contributed by atoms with Crippen LogP contribution in [-0.4, -0.2) is 37.3 Å². The van der Waals surface area contributed by atoms with E-state index >= 15 is 0 Å². The number of aliphatic imine (C=N–C) groups is 1. The maximum Gasteiger partial charge on any atom is 0.0642 e. The first-order chi connectivity index (χ1) is 13.7. The zero-order chi connectivity index (χ0) is 19.8. The van der Waals surface area contributed by atoms with Crippen LogP contribution in [0.4, 0.5) is 0 Å². The number of allylic oxidation sites excluding steroid dienone is 2. The molecule has 148 valence electrons. The molecule has 2 nitrogen and oxygen atoms in total. The molecular formula is C26H34N2. The van der Waals surface area contributed by atoms with E-state index < -0.39 is 0 Å². The molecule has 0 atom stereocenters. The molecule has 3 rings (SSSR count). The first-order valence-corrected chi connectivity index (χ1v) is 10.6. The van der Waals surface area contributed by atoms with Crippen molar-refractivity contribution in [3.63, 3.8) is 0 Å². The number of hydrogen-bond donors (Lipinski definition) is 0. The molecule has 1 heterocycles. The lowest BCUT2D eigenvalue weighted by molar-refractivity contribution is 0.197. The third kappa shape index (κ3) is 5.90. The maximum atomic E-state index is 4.54. The molecule has 2 aromatic rings. The van der Waals surface area contributed by atoms with E-state index in [1.807, 2.05) is 7.05 Å². The van der Waals surface area contributed by atoms with Gasteiger partial charge in [0.25, 0.3) is 0 Å². The van der Waals surface area contributed by atoms with Gasteiger partial charge in [0, 0.05) is 7.05 Å². The van der Waals surface area contributed by atoms with E-state index in [2.05, 4.69) is 84.4 Å². The summed E-state index contributed by atoms with van der Waals surface area (Å²) in [6.45, 7) is 8.06. The van der Waals surface area contributed by atoms with Crippen LogP contribution in [0.1, 0.15) is 42.9 Å². The molecule has 2 heteroatoms. The summed E-state index contributed by atoms with van der Waals surface area (Å²) in [5.41, 5.74) is 6.54. The molecule has 0 bridgehead atoms. The van der Waals surface area contributed by atoms with Gasteiger partial charge in [0.15, 0.2) is 0 Å². The van der Waals surface area contributed by atoms with Crippen LogP contribution in [0.25, 0.3) is 0 Å². The average Bonchev–Trinajstić information content (AvgIpc) is 2.74. The monoisotopic (exact) mass is 374 g/mol. The summed E-state index contributed by atoms with van der Waals surface area (Å²) in [6, 6.07) is 19.5. The maximum absolute atomic E-state index is 4.54.